The Kier molecular flexibility index (Phi) is 4.63. The van der Waals surface area contributed by atoms with Crippen LogP contribution < -0.4 is 0 Å². The molecule has 25 heavy (non-hydrogen) atoms. The first-order valence-electron chi connectivity index (χ1n) is 7.12. The molecule has 4 nitrogen and oxygen atoms in total. The number of ether oxygens (including phenoxy) is 2. The first kappa shape index (κ1) is 18.9. The molecule has 0 radical (unpaired) electrons. The quantitative estimate of drug-likeness (QED) is 0.609. The lowest BCUT2D eigenvalue weighted by Crippen LogP contribution is -2.48. The van der Waals surface area contributed by atoms with Crippen LogP contribution in [-0.4, -0.2) is 30.1 Å². The van der Waals surface area contributed by atoms with Crippen LogP contribution in [0.4, 0.5) is 22.0 Å². The molecular formula is C16H13F5O4. The molecule has 1 heterocycles. The van der Waals surface area contributed by atoms with E-state index in [1.165, 1.54) is 6.92 Å². The predicted molar refractivity (Wildman–Crippen MR) is 75.2 cm³/mol. The zero-order chi connectivity index (χ0) is 19.2. The first-order valence-corrected chi connectivity index (χ1v) is 7.12. The van der Waals surface area contributed by atoms with Gasteiger partial charge in [-0.25, -0.2) is 13.6 Å². The van der Waals surface area contributed by atoms with Gasteiger partial charge in [0.25, 0.3) is 5.60 Å². The van der Waals surface area contributed by atoms with Gasteiger partial charge in [0.2, 0.25) is 11.5 Å². The normalized spacial score (nSPS) is 20.7. The van der Waals surface area contributed by atoms with Crippen LogP contribution in [0.25, 0.3) is 5.57 Å². The Labute approximate surface area is 139 Å². The van der Waals surface area contributed by atoms with Crippen molar-refractivity contribution >= 4 is 17.3 Å². The van der Waals surface area contributed by atoms with Crippen LogP contribution in [0.5, 0.6) is 0 Å². The third-order valence-corrected chi connectivity index (χ3v) is 3.80. The van der Waals surface area contributed by atoms with Crippen LogP contribution in [-0.2, 0) is 19.1 Å². The van der Waals surface area contributed by atoms with Gasteiger partial charge >= 0.3 is 12.1 Å². The molecule has 0 fully saturated rings. The highest BCUT2D eigenvalue weighted by Crippen LogP contribution is 2.46. The van der Waals surface area contributed by atoms with Crippen molar-refractivity contribution in [2.75, 3.05) is 6.61 Å². The minimum atomic E-state index is -5.14. The highest BCUT2D eigenvalue weighted by molar-refractivity contribution is 6.31. The van der Waals surface area contributed by atoms with E-state index >= 15 is 0 Å². The lowest BCUT2D eigenvalue weighted by atomic mass is 9.89. The standard InChI is InChI=1S/C16H13F5O4/c1-4-24-14(23)12-10(8-5-6-9(17)11(18)7(8)2)13(22)15(3,25-12)16(19,20)21/h5-6H,4H2,1-3H3/t15-/m1/s1. The third-order valence-electron chi connectivity index (χ3n) is 3.80. The van der Waals surface area contributed by atoms with E-state index in [4.69, 9.17) is 0 Å². The van der Waals surface area contributed by atoms with E-state index in [1.54, 1.807) is 0 Å². The highest BCUT2D eigenvalue weighted by atomic mass is 19.4. The summed E-state index contributed by atoms with van der Waals surface area (Å²) in [6, 6.07) is 1.55. The topological polar surface area (TPSA) is 52.6 Å². The second-order valence-electron chi connectivity index (χ2n) is 5.42. The number of hydrogen-bond acceptors (Lipinski definition) is 4. The monoisotopic (exact) mass is 364 g/mol. The summed E-state index contributed by atoms with van der Waals surface area (Å²) in [7, 11) is 0. The van der Waals surface area contributed by atoms with Gasteiger partial charge in [0.05, 0.1) is 12.2 Å². The van der Waals surface area contributed by atoms with E-state index in [2.05, 4.69) is 9.47 Å². The summed E-state index contributed by atoms with van der Waals surface area (Å²) in [5, 5.41) is 0. The Bertz CT molecular complexity index is 781. The zero-order valence-corrected chi connectivity index (χ0v) is 13.4. The zero-order valence-electron chi connectivity index (χ0n) is 13.4. The summed E-state index contributed by atoms with van der Waals surface area (Å²) in [5.74, 6) is -6.47. The second kappa shape index (κ2) is 6.12. The van der Waals surface area contributed by atoms with Gasteiger partial charge in [-0.3, -0.25) is 4.79 Å². The van der Waals surface area contributed by atoms with E-state index in [9.17, 15) is 31.5 Å². The number of carbonyl (C=O) groups excluding carboxylic acids is 2. The van der Waals surface area contributed by atoms with E-state index in [0.717, 1.165) is 13.0 Å². The average molecular weight is 364 g/mol. The Hall–Kier alpha value is -2.45. The summed E-state index contributed by atoms with van der Waals surface area (Å²) in [5.41, 5.74) is -4.93. The number of esters is 1. The van der Waals surface area contributed by atoms with Crippen molar-refractivity contribution in [1.29, 1.82) is 0 Å². The van der Waals surface area contributed by atoms with Crippen LogP contribution in [0.1, 0.15) is 25.0 Å². The van der Waals surface area contributed by atoms with Crippen LogP contribution in [0.2, 0.25) is 0 Å². The Morgan fingerprint density at radius 3 is 2.40 bits per heavy atom. The van der Waals surface area contributed by atoms with Gasteiger partial charge in [0.1, 0.15) is 0 Å². The minimum absolute atomic E-state index is 0.188. The average Bonchev–Trinajstić information content (AvgIpc) is 2.79. The van der Waals surface area contributed by atoms with E-state index in [-0.39, 0.29) is 12.2 Å². The molecule has 1 atom stereocenters. The Morgan fingerprint density at radius 2 is 1.88 bits per heavy atom. The van der Waals surface area contributed by atoms with Gasteiger partial charge in [-0.1, -0.05) is 6.07 Å². The molecule has 0 aromatic heterocycles. The second-order valence-corrected chi connectivity index (χ2v) is 5.42. The molecule has 0 amide bonds. The molecule has 0 N–H and O–H groups in total. The summed E-state index contributed by atoms with van der Waals surface area (Å²) in [4.78, 5) is 24.4. The fourth-order valence-electron chi connectivity index (χ4n) is 2.34. The molecular weight excluding hydrogens is 351 g/mol. The van der Waals surface area contributed by atoms with Gasteiger partial charge in [-0.15, -0.1) is 0 Å². The molecule has 136 valence electrons. The van der Waals surface area contributed by atoms with Crippen molar-refractivity contribution in [3.63, 3.8) is 0 Å². The molecule has 0 unspecified atom stereocenters. The van der Waals surface area contributed by atoms with E-state index in [0.29, 0.717) is 13.0 Å². The van der Waals surface area contributed by atoms with Crippen molar-refractivity contribution in [2.24, 2.45) is 0 Å². The van der Waals surface area contributed by atoms with Crippen molar-refractivity contribution in [3.8, 4) is 0 Å². The van der Waals surface area contributed by atoms with E-state index in [1.807, 2.05) is 0 Å². The number of benzene rings is 1. The molecule has 0 bridgehead atoms. The van der Waals surface area contributed by atoms with Crippen LogP contribution in [0, 0.1) is 18.6 Å². The van der Waals surface area contributed by atoms with Gasteiger partial charge in [0.15, 0.2) is 11.6 Å². The van der Waals surface area contributed by atoms with Gasteiger partial charge in [0, 0.05) is 0 Å². The molecule has 9 heteroatoms. The SMILES string of the molecule is CCOC(=O)C1=C(c2ccc(F)c(F)c2C)C(=O)[C@](C)(C(F)(F)F)O1. The van der Waals surface area contributed by atoms with Crippen LogP contribution in [0.3, 0.4) is 0 Å². The Morgan fingerprint density at radius 1 is 1.28 bits per heavy atom. The molecule has 0 saturated carbocycles. The van der Waals surface area contributed by atoms with Gasteiger partial charge in [-0.2, -0.15) is 13.2 Å². The number of Topliss-reactive ketones (excluding diaryl/α,β-unsaturated/α-hetero) is 1. The number of carbonyl (C=O) groups is 2. The summed E-state index contributed by atoms with van der Waals surface area (Å²) < 4.78 is 76.2. The molecule has 1 aliphatic heterocycles. The van der Waals surface area contributed by atoms with Crippen molar-refractivity contribution in [3.05, 3.63) is 40.7 Å². The predicted octanol–water partition coefficient (Wildman–Crippen LogP) is 3.47. The number of hydrogen-bond donors (Lipinski definition) is 0. The minimum Gasteiger partial charge on any atom is -0.461 e. The fourth-order valence-corrected chi connectivity index (χ4v) is 2.34. The summed E-state index contributed by atoms with van der Waals surface area (Å²) in [6.45, 7) is 2.74. The molecule has 1 aliphatic rings. The molecule has 1 aromatic rings. The molecule has 2 rings (SSSR count). The van der Waals surface area contributed by atoms with Crippen molar-refractivity contribution in [1.82, 2.24) is 0 Å². The maximum Gasteiger partial charge on any atom is 0.435 e. The highest BCUT2D eigenvalue weighted by Gasteiger charge is 2.65. The molecule has 0 aliphatic carbocycles. The lowest BCUT2D eigenvalue weighted by Gasteiger charge is -2.25. The number of halogens is 5. The van der Waals surface area contributed by atoms with Crippen LogP contribution >= 0.6 is 0 Å². The molecule has 1 aromatic carbocycles. The van der Waals surface area contributed by atoms with Crippen LogP contribution in [0.15, 0.2) is 17.9 Å². The number of ketones is 1. The molecule has 0 spiro atoms. The lowest BCUT2D eigenvalue weighted by molar-refractivity contribution is -0.243. The molecule has 0 saturated heterocycles. The maximum absolute atomic E-state index is 13.8. The maximum atomic E-state index is 13.8. The first-order chi connectivity index (χ1) is 11.5. The van der Waals surface area contributed by atoms with Crippen molar-refractivity contribution in [2.45, 2.75) is 32.5 Å². The van der Waals surface area contributed by atoms with E-state index < -0.39 is 52.1 Å². The fraction of sp³-hybridized carbons (Fsp3) is 0.375. The summed E-state index contributed by atoms with van der Waals surface area (Å²) in [6.07, 6.45) is -5.14. The summed E-state index contributed by atoms with van der Waals surface area (Å²) >= 11 is 0. The third kappa shape index (κ3) is 2.87. The van der Waals surface area contributed by atoms with Crippen molar-refractivity contribution < 1.29 is 41.0 Å². The number of rotatable bonds is 3. The van der Waals surface area contributed by atoms with Gasteiger partial charge < -0.3 is 9.47 Å². The Balaban J connectivity index is 2.72. The largest absolute Gasteiger partial charge is 0.461 e. The smallest absolute Gasteiger partial charge is 0.435 e. The number of alkyl halides is 3. The van der Waals surface area contributed by atoms with Gasteiger partial charge in [-0.05, 0) is 38.0 Å².